The largest absolute Gasteiger partial charge is 0.493 e. The molecule has 0 aromatic heterocycles. The molecule has 3 aromatic carbocycles. The number of methoxy groups -OCH3 is 1. The van der Waals surface area contributed by atoms with Crippen LogP contribution in [0.2, 0.25) is 0 Å². The first-order valence-corrected chi connectivity index (χ1v) is 13.0. The summed E-state index contributed by atoms with van der Waals surface area (Å²) in [6.07, 6.45) is 2.63. The predicted molar refractivity (Wildman–Crippen MR) is 149 cm³/mol. The number of hydrogen-bond acceptors (Lipinski definition) is 5. The quantitative estimate of drug-likeness (QED) is 0.300. The number of benzene rings is 3. The van der Waals surface area contributed by atoms with Crippen molar-refractivity contribution in [2.24, 2.45) is 10.9 Å². The van der Waals surface area contributed by atoms with Crippen LogP contribution in [0.15, 0.2) is 82.7 Å². The van der Waals surface area contributed by atoms with Crippen LogP contribution in [-0.2, 0) is 11.2 Å². The zero-order chi connectivity index (χ0) is 25.5. The third-order valence-corrected chi connectivity index (χ3v) is 6.70. The molecule has 6 heteroatoms. The van der Waals surface area contributed by atoms with Gasteiger partial charge in [-0.25, -0.2) is 4.99 Å². The van der Waals surface area contributed by atoms with E-state index in [0.29, 0.717) is 40.6 Å². The smallest absolute Gasteiger partial charge is 0.266 e. The van der Waals surface area contributed by atoms with E-state index in [2.05, 4.69) is 26.0 Å². The van der Waals surface area contributed by atoms with Crippen molar-refractivity contribution in [2.75, 3.05) is 20.3 Å². The number of carbonyl (C=O) groups is 1. The van der Waals surface area contributed by atoms with Crippen molar-refractivity contribution in [3.63, 3.8) is 0 Å². The lowest BCUT2D eigenvalue weighted by Gasteiger charge is -2.16. The highest BCUT2D eigenvalue weighted by molar-refractivity contribution is 8.18. The Morgan fingerprint density at radius 3 is 2.44 bits per heavy atom. The molecule has 4 rings (SSSR count). The summed E-state index contributed by atoms with van der Waals surface area (Å²) in [6, 6.07) is 23.9. The number of rotatable bonds is 9. The molecule has 0 atom stereocenters. The molecule has 0 spiro atoms. The van der Waals surface area contributed by atoms with Gasteiger partial charge in [0.15, 0.2) is 16.7 Å². The van der Waals surface area contributed by atoms with Gasteiger partial charge in [0.2, 0.25) is 0 Å². The standard InChI is InChI=1S/C30H32N2O3S/c1-21(2)20-35-28-24(11-8-12-26(28)34-4)19-27-29(33)32(18-17-23-9-6-5-7-10-23)30(36-27)31-25-15-13-22(3)14-16-25/h5-16,19,21H,17-18,20H2,1-4H3/b27-19+,31-30?. The summed E-state index contributed by atoms with van der Waals surface area (Å²) < 4.78 is 11.6. The first kappa shape index (κ1) is 25.6. The Morgan fingerprint density at radius 1 is 1.00 bits per heavy atom. The zero-order valence-electron chi connectivity index (χ0n) is 21.2. The predicted octanol–water partition coefficient (Wildman–Crippen LogP) is 6.89. The maximum atomic E-state index is 13.6. The summed E-state index contributed by atoms with van der Waals surface area (Å²) >= 11 is 1.39. The van der Waals surface area contributed by atoms with Crippen LogP contribution in [0.4, 0.5) is 5.69 Å². The van der Waals surface area contributed by atoms with Gasteiger partial charge in [-0.2, -0.15) is 0 Å². The SMILES string of the molecule is COc1cccc(/C=C2/SC(=Nc3ccc(C)cc3)N(CCc3ccccc3)C2=O)c1OCC(C)C. The summed E-state index contributed by atoms with van der Waals surface area (Å²) in [5, 5.41) is 0.679. The molecule has 3 aromatic rings. The van der Waals surface area contributed by atoms with Crippen LogP contribution >= 0.6 is 11.8 Å². The summed E-state index contributed by atoms with van der Waals surface area (Å²) in [5.74, 6) is 1.60. The Morgan fingerprint density at radius 2 is 1.75 bits per heavy atom. The second-order valence-electron chi connectivity index (χ2n) is 9.12. The molecule has 0 saturated carbocycles. The molecule has 0 aliphatic carbocycles. The summed E-state index contributed by atoms with van der Waals surface area (Å²) in [7, 11) is 1.63. The highest BCUT2D eigenvalue weighted by atomic mass is 32.2. The minimum absolute atomic E-state index is 0.0561. The fourth-order valence-electron chi connectivity index (χ4n) is 3.76. The molecule has 1 aliphatic heterocycles. The second kappa shape index (κ2) is 12.0. The Labute approximate surface area is 217 Å². The fraction of sp³-hybridized carbons (Fsp3) is 0.267. The molecule has 1 saturated heterocycles. The van der Waals surface area contributed by atoms with Crippen molar-refractivity contribution in [2.45, 2.75) is 27.2 Å². The minimum atomic E-state index is -0.0561. The molecule has 0 unspecified atom stereocenters. The lowest BCUT2D eigenvalue weighted by atomic mass is 10.1. The molecule has 36 heavy (non-hydrogen) atoms. The molecule has 1 amide bonds. The number of ether oxygens (including phenoxy) is 2. The molecule has 1 fully saturated rings. The zero-order valence-corrected chi connectivity index (χ0v) is 22.0. The summed E-state index contributed by atoms with van der Waals surface area (Å²) in [6.45, 7) is 7.35. The van der Waals surface area contributed by atoms with Crippen LogP contribution < -0.4 is 9.47 Å². The average molecular weight is 501 g/mol. The van der Waals surface area contributed by atoms with Gasteiger partial charge in [0, 0.05) is 12.1 Å². The Bertz CT molecular complexity index is 1250. The van der Waals surface area contributed by atoms with Crippen LogP contribution in [0.3, 0.4) is 0 Å². The normalized spacial score (nSPS) is 15.8. The summed E-state index contributed by atoms with van der Waals surface area (Å²) in [5.41, 5.74) is 3.98. The number of hydrogen-bond donors (Lipinski definition) is 0. The lowest BCUT2D eigenvalue weighted by Crippen LogP contribution is -2.31. The van der Waals surface area contributed by atoms with Gasteiger partial charge in [-0.3, -0.25) is 9.69 Å². The molecule has 0 bridgehead atoms. The summed E-state index contributed by atoms with van der Waals surface area (Å²) in [4.78, 5) is 20.8. The molecule has 0 radical (unpaired) electrons. The molecular weight excluding hydrogens is 468 g/mol. The Hall–Kier alpha value is -3.51. The van der Waals surface area contributed by atoms with E-state index in [4.69, 9.17) is 14.5 Å². The van der Waals surface area contributed by atoms with Crippen molar-refractivity contribution in [3.8, 4) is 11.5 Å². The molecular formula is C30H32N2O3S. The van der Waals surface area contributed by atoms with Crippen molar-refractivity contribution in [1.82, 2.24) is 4.90 Å². The van der Waals surface area contributed by atoms with Gasteiger partial charge in [-0.05, 0) is 60.9 Å². The number of amides is 1. The fourth-order valence-corrected chi connectivity index (χ4v) is 4.77. The van der Waals surface area contributed by atoms with Gasteiger partial charge in [0.1, 0.15) is 0 Å². The average Bonchev–Trinajstić information content (AvgIpc) is 3.17. The van der Waals surface area contributed by atoms with E-state index < -0.39 is 0 Å². The number of aliphatic imine (C=N–C) groups is 1. The van der Waals surface area contributed by atoms with Crippen LogP contribution in [0.5, 0.6) is 11.5 Å². The third kappa shape index (κ3) is 6.38. The number of para-hydroxylation sites is 1. The van der Waals surface area contributed by atoms with Gasteiger partial charge in [-0.15, -0.1) is 0 Å². The highest BCUT2D eigenvalue weighted by Gasteiger charge is 2.33. The molecule has 0 N–H and O–H groups in total. The maximum Gasteiger partial charge on any atom is 0.266 e. The first-order valence-electron chi connectivity index (χ1n) is 12.1. The van der Waals surface area contributed by atoms with Crippen LogP contribution in [-0.4, -0.2) is 36.2 Å². The van der Waals surface area contributed by atoms with E-state index in [9.17, 15) is 4.79 Å². The second-order valence-corrected chi connectivity index (χ2v) is 10.1. The van der Waals surface area contributed by atoms with Gasteiger partial charge in [-0.1, -0.05) is 74.0 Å². The van der Waals surface area contributed by atoms with E-state index >= 15 is 0 Å². The number of nitrogens with zero attached hydrogens (tertiary/aromatic N) is 2. The molecule has 5 nitrogen and oxygen atoms in total. The number of aryl methyl sites for hydroxylation is 1. The molecule has 1 heterocycles. The van der Waals surface area contributed by atoms with E-state index in [0.717, 1.165) is 17.7 Å². The topological polar surface area (TPSA) is 51.1 Å². The van der Waals surface area contributed by atoms with E-state index in [1.54, 1.807) is 12.0 Å². The monoisotopic (exact) mass is 500 g/mol. The van der Waals surface area contributed by atoms with E-state index in [1.165, 1.54) is 22.9 Å². The van der Waals surface area contributed by atoms with E-state index in [-0.39, 0.29) is 5.91 Å². The Balaban J connectivity index is 1.67. The van der Waals surface area contributed by atoms with Crippen molar-refractivity contribution in [3.05, 3.63) is 94.4 Å². The molecule has 186 valence electrons. The maximum absolute atomic E-state index is 13.6. The van der Waals surface area contributed by atoms with Gasteiger partial charge in [0.25, 0.3) is 5.91 Å². The van der Waals surface area contributed by atoms with Gasteiger partial charge >= 0.3 is 0 Å². The van der Waals surface area contributed by atoms with Crippen molar-refractivity contribution < 1.29 is 14.3 Å². The van der Waals surface area contributed by atoms with Gasteiger partial charge in [0.05, 0.1) is 24.3 Å². The number of carbonyl (C=O) groups excluding carboxylic acids is 1. The van der Waals surface area contributed by atoms with Crippen molar-refractivity contribution >= 4 is 34.6 Å². The highest BCUT2D eigenvalue weighted by Crippen LogP contribution is 2.38. The Kier molecular flexibility index (Phi) is 8.49. The van der Waals surface area contributed by atoms with Crippen LogP contribution in [0.1, 0.15) is 30.5 Å². The first-order chi connectivity index (χ1) is 17.4. The van der Waals surface area contributed by atoms with E-state index in [1.807, 2.05) is 73.7 Å². The minimum Gasteiger partial charge on any atom is -0.493 e. The third-order valence-electron chi connectivity index (χ3n) is 5.69. The number of amidine groups is 1. The van der Waals surface area contributed by atoms with Gasteiger partial charge < -0.3 is 9.47 Å². The van der Waals surface area contributed by atoms with Crippen LogP contribution in [0, 0.1) is 12.8 Å². The lowest BCUT2D eigenvalue weighted by molar-refractivity contribution is -0.122. The number of thioether (sulfide) groups is 1. The van der Waals surface area contributed by atoms with Crippen molar-refractivity contribution in [1.29, 1.82) is 0 Å². The molecule has 1 aliphatic rings. The van der Waals surface area contributed by atoms with Crippen LogP contribution in [0.25, 0.3) is 6.08 Å².